The molecule has 0 saturated heterocycles. The average Bonchev–Trinajstić information content (AvgIpc) is 2.52. The highest BCUT2D eigenvalue weighted by Crippen LogP contribution is 2.06. The number of rotatable bonds is 5. The van der Waals surface area contributed by atoms with Crippen molar-refractivity contribution >= 4 is 11.8 Å². The second-order valence-corrected chi connectivity index (χ2v) is 3.95. The van der Waals surface area contributed by atoms with E-state index < -0.39 is 0 Å². The van der Waals surface area contributed by atoms with E-state index >= 15 is 0 Å². The van der Waals surface area contributed by atoms with Crippen LogP contribution >= 0.6 is 11.8 Å². The van der Waals surface area contributed by atoms with Crippen LogP contribution in [0.5, 0.6) is 0 Å². The molecular formula is C8H16N4S. The van der Waals surface area contributed by atoms with E-state index in [1.54, 1.807) is 6.33 Å². The number of thioether (sulfide) groups is 1. The summed E-state index contributed by atoms with van der Waals surface area (Å²) in [4.78, 5) is 0. The molecule has 1 rings (SSSR count). The number of hydrogen-bond donors (Lipinski definition) is 1. The van der Waals surface area contributed by atoms with E-state index in [2.05, 4.69) is 28.7 Å². The van der Waals surface area contributed by atoms with Crippen molar-refractivity contribution in [3.05, 3.63) is 12.2 Å². The predicted molar refractivity (Wildman–Crippen MR) is 55.8 cm³/mol. The van der Waals surface area contributed by atoms with Crippen molar-refractivity contribution in [2.75, 3.05) is 18.6 Å². The maximum Gasteiger partial charge on any atom is 0.149 e. The average molecular weight is 200 g/mol. The van der Waals surface area contributed by atoms with Crippen molar-refractivity contribution in [3.63, 3.8) is 0 Å². The quantitative estimate of drug-likeness (QED) is 0.715. The molecule has 1 aromatic heterocycles. The van der Waals surface area contributed by atoms with Gasteiger partial charge in [-0.25, -0.2) is 0 Å². The van der Waals surface area contributed by atoms with E-state index in [9.17, 15) is 0 Å². The van der Waals surface area contributed by atoms with Gasteiger partial charge in [-0.2, -0.15) is 11.8 Å². The highest BCUT2D eigenvalue weighted by atomic mass is 32.2. The smallest absolute Gasteiger partial charge is 0.149 e. The minimum Gasteiger partial charge on any atom is -0.319 e. The summed E-state index contributed by atoms with van der Waals surface area (Å²) in [7, 11) is 1.96. The van der Waals surface area contributed by atoms with Gasteiger partial charge < -0.3 is 9.88 Å². The maximum atomic E-state index is 4.04. The van der Waals surface area contributed by atoms with Gasteiger partial charge in [-0.1, -0.05) is 0 Å². The third-order valence-electron chi connectivity index (χ3n) is 1.89. The highest BCUT2D eigenvalue weighted by Gasteiger charge is 2.09. The lowest BCUT2D eigenvalue weighted by Crippen LogP contribution is -2.23. The van der Waals surface area contributed by atoms with Gasteiger partial charge in [0.2, 0.25) is 0 Å². The SMILES string of the molecule is CSCCNC(C)c1nncn1C. The normalized spacial score (nSPS) is 13.2. The van der Waals surface area contributed by atoms with Crippen LogP contribution in [-0.2, 0) is 7.05 Å². The topological polar surface area (TPSA) is 42.7 Å². The maximum absolute atomic E-state index is 4.04. The first-order chi connectivity index (χ1) is 6.25. The lowest BCUT2D eigenvalue weighted by molar-refractivity contribution is 0.548. The summed E-state index contributed by atoms with van der Waals surface area (Å²) in [6.07, 6.45) is 3.83. The van der Waals surface area contributed by atoms with Crippen LogP contribution in [0.1, 0.15) is 18.8 Å². The molecule has 1 unspecified atom stereocenters. The Bertz CT molecular complexity index is 248. The van der Waals surface area contributed by atoms with Gasteiger partial charge in [-0.05, 0) is 13.2 Å². The highest BCUT2D eigenvalue weighted by molar-refractivity contribution is 7.98. The first-order valence-electron chi connectivity index (χ1n) is 4.32. The summed E-state index contributed by atoms with van der Waals surface area (Å²) >= 11 is 1.84. The van der Waals surface area contributed by atoms with E-state index in [-0.39, 0.29) is 6.04 Å². The molecule has 4 nitrogen and oxygen atoms in total. The first-order valence-corrected chi connectivity index (χ1v) is 5.71. The molecule has 1 heterocycles. The Labute approximate surface area is 83.1 Å². The molecule has 0 amide bonds. The van der Waals surface area contributed by atoms with Gasteiger partial charge in [0.1, 0.15) is 12.2 Å². The predicted octanol–water partition coefficient (Wildman–Crippen LogP) is 0.829. The Kier molecular flexibility index (Phi) is 4.24. The number of hydrogen-bond acceptors (Lipinski definition) is 4. The number of aryl methyl sites for hydroxylation is 1. The lowest BCUT2D eigenvalue weighted by atomic mass is 10.3. The molecule has 13 heavy (non-hydrogen) atoms. The summed E-state index contributed by atoms with van der Waals surface area (Å²) in [6, 6.07) is 0.277. The molecule has 0 bridgehead atoms. The van der Waals surface area contributed by atoms with Crippen molar-refractivity contribution < 1.29 is 0 Å². The Morgan fingerprint density at radius 2 is 2.46 bits per heavy atom. The lowest BCUT2D eigenvalue weighted by Gasteiger charge is -2.11. The van der Waals surface area contributed by atoms with Crippen molar-refractivity contribution in [2.45, 2.75) is 13.0 Å². The molecule has 0 spiro atoms. The molecule has 0 radical (unpaired) electrons. The van der Waals surface area contributed by atoms with Crippen LogP contribution in [0.4, 0.5) is 0 Å². The Morgan fingerprint density at radius 1 is 1.69 bits per heavy atom. The second-order valence-electron chi connectivity index (χ2n) is 2.97. The molecule has 0 aliphatic rings. The molecular weight excluding hydrogens is 184 g/mol. The standard InChI is InChI=1S/C8H16N4S/c1-7(9-4-5-13-3)8-11-10-6-12(8)2/h6-7,9H,4-5H2,1-3H3. The van der Waals surface area contributed by atoms with Gasteiger partial charge >= 0.3 is 0 Å². The van der Waals surface area contributed by atoms with Gasteiger partial charge in [-0.15, -0.1) is 10.2 Å². The molecule has 5 heteroatoms. The van der Waals surface area contributed by atoms with E-state index in [1.165, 1.54) is 0 Å². The van der Waals surface area contributed by atoms with Crippen molar-refractivity contribution in [2.24, 2.45) is 7.05 Å². The zero-order valence-corrected chi connectivity index (χ0v) is 9.14. The van der Waals surface area contributed by atoms with Gasteiger partial charge in [-0.3, -0.25) is 0 Å². The molecule has 0 fully saturated rings. The molecule has 1 aromatic rings. The van der Waals surface area contributed by atoms with Crippen molar-refractivity contribution in [3.8, 4) is 0 Å². The second kappa shape index (κ2) is 5.24. The molecule has 0 aliphatic heterocycles. The fourth-order valence-corrected chi connectivity index (χ4v) is 1.47. The van der Waals surface area contributed by atoms with Crippen LogP contribution in [0.2, 0.25) is 0 Å². The minimum absolute atomic E-state index is 0.277. The van der Waals surface area contributed by atoms with Gasteiger partial charge in [0.05, 0.1) is 6.04 Å². The monoisotopic (exact) mass is 200 g/mol. The molecule has 1 N–H and O–H groups in total. The van der Waals surface area contributed by atoms with Crippen LogP contribution in [0.3, 0.4) is 0 Å². The van der Waals surface area contributed by atoms with Gasteiger partial charge in [0.25, 0.3) is 0 Å². The van der Waals surface area contributed by atoms with Crippen LogP contribution in [0.25, 0.3) is 0 Å². The van der Waals surface area contributed by atoms with Crippen LogP contribution in [0.15, 0.2) is 6.33 Å². The van der Waals surface area contributed by atoms with E-state index in [0.29, 0.717) is 0 Å². The molecule has 1 atom stereocenters. The fraction of sp³-hybridized carbons (Fsp3) is 0.750. The van der Waals surface area contributed by atoms with E-state index in [1.807, 2.05) is 23.4 Å². The van der Waals surface area contributed by atoms with Crippen LogP contribution < -0.4 is 5.32 Å². The molecule has 0 saturated carbocycles. The third kappa shape index (κ3) is 3.00. The Hall–Kier alpha value is -0.550. The molecule has 74 valence electrons. The Balaban J connectivity index is 2.39. The summed E-state index contributed by atoms with van der Waals surface area (Å²) < 4.78 is 1.94. The largest absolute Gasteiger partial charge is 0.319 e. The fourth-order valence-electron chi connectivity index (χ4n) is 1.15. The minimum atomic E-state index is 0.277. The third-order valence-corrected chi connectivity index (χ3v) is 2.50. The van der Waals surface area contributed by atoms with E-state index in [0.717, 1.165) is 18.1 Å². The number of nitrogens with one attached hydrogen (secondary N) is 1. The summed E-state index contributed by atoms with van der Waals surface area (Å²) in [5, 5.41) is 11.3. The Morgan fingerprint density at radius 3 is 3.00 bits per heavy atom. The first kappa shape index (κ1) is 10.5. The van der Waals surface area contributed by atoms with Gasteiger partial charge in [0.15, 0.2) is 0 Å². The van der Waals surface area contributed by atoms with Crippen LogP contribution in [0, 0.1) is 0 Å². The van der Waals surface area contributed by atoms with Crippen molar-refractivity contribution in [1.82, 2.24) is 20.1 Å². The summed E-state index contributed by atoms with van der Waals surface area (Å²) in [6.45, 7) is 3.11. The van der Waals surface area contributed by atoms with Crippen molar-refractivity contribution in [1.29, 1.82) is 0 Å². The molecule has 0 aliphatic carbocycles. The van der Waals surface area contributed by atoms with E-state index in [4.69, 9.17) is 0 Å². The van der Waals surface area contributed by atoms with Crippen LogP contribution in [-0.4, -0.2) is 33.3 Å². The summed E-state index contributed by atoms with van der Waals surface area (Å²) in [5.41, 5.74) is 0. The number of aromatic nitrogens is 3. The zero-order chi connectivity index (χ0) is 9.68. The number of nitrogens with zero attached hydrogens (tertiary/aromatic N) is 3. The zero-order valence-electron chi connectivity index (χ0n) is 8.32. The molecule has 0 aromatic carbocycles. The van der Waals surface area contributed by atoms with Gasteiger partial charge in [0, 0.05) is 19.3 Å². The summed E-state index contributed by atoms with van der Waals surface area (Å²) in [5.74, 6) is 2.11.